The maximum atomic E-state index is 5.36. The topological polar surface area (TPSA) is 104 Å². The first-order valence-electron chi connectivity index (χ1n) is 7.87. The molecule has 0 spiro atoms. The van der Waals surface area contributed by atoms with E-state index in [1.165, 1.54) is 0 Å². The minimum Gasteiger partial charge on any atom is -0.361 e. The van der Waals surface area contributed by atoms with Gasteiger partial charge in [0.2, 0.25) is 0 Å². The van der Waals surface area contributed by atoms with Gasteiger partial charge in [0, 0.05) is 24.3 Å². The Balaban J connectivity index is 1.39. The molecule has 8 nitrogen and oxygen atoms in total. The molecule has 0 atom stereocenters. The molecule has 0 aromatic carbocycles. The first-order valence-corrected chi connectivity index (χ1v) is 7.87. The lowest BCUT2D eigenvalue weighted by molar-refractivity contribution is 0.348. The minimum atomic E-state index is 0.501. The van der Waals surface area contributed by atoms with Crippen molar-refractivity contribution in [1.82, 2.24) is 20.6 Å². The quantitative estimate of drug-likeness (QED) is 0.527. The van der Waals surface area contributed by atoms with Crippen molar-refractivity contribution in [3.05, 3.63) is 70.1 Å². The Morgan fingerprint density at radius 1 is 0.560 bits per heavy atom. The first kappa shape index (κ1) is 15.4. The van der Waals surface area contributed by atoms with E-state index in [1.54, 1.807) is 0 Å². The van der Waals surface area contributed by atoms with E-state index >= 15 is 0 Å². The summed E-state index contributed by atoms with van der Waals surface area (Å²) >= 11 is 0. The molecule has 128 valence electrons. The van der Waals surface area contributed by atoms with Crippen molar-refractivity contribution in [3.63, 3.8) is 0 Å². The van der Waals surface area contributed by atoms with Crippen LogP contribution < -0.4 is 0 Å². The van der Waals surface area contributed by atoms with E-state index in [2.05, 4.69) is 20.6 Å². The third-order valence-electron chi connectivity index (χ3n) is 3.63. The van der Waals surface area contributed by atoms with E-state index in [4.69, 9.17) is 18.1 Å². The van der Waals surface area contributed by atoms with Crippen molar-refractivity contribution in [2.75, 3.05) is 0 Å². The standard InChI is InChI=1S/C17H16N4O4/c1-10-3-14(22-18-10)5-12-6-16(24-20-12)7-13-8-17(25-21-13)9-15-4-11(2)19-23-15/h3-4,6,8H,5,7,9H2,1-2H3. The molecule has 0 aliphatic rings. The summed E-state index contributed by atoms with van der Waals surface area (Å²) in [6.07, 6.45) is 1.56. The van der Waals surface area contributed by atoms with Crippen LogP contribution in [-0.4, -0.2) is 20.6 Å². The summed E-state index contributed by atoms with van der Waals surface area (Å²) in [6.45, 7) is 3.75. The van der Waals surface area contributed by atoms with Gasteiger partial charge in [0.15, 0.2) is 0 Å². The van der Waals surface area contributed by atoms with E-state index in [0.29, 0.717) is 30.8 Å². The molecule has 8 heteroatoms. The van der Waals surface area contributed by atoms with Gasteiger partial charge in [-0.3, -0.25) is 0 Å². The van der Waals surface area contributed by atoms with E-state index in [0.717, 1.165) is 34.3 Å². The van der Waals surface area contributed by atoms with Crippen LogP contribution in [0.4, 0.5) is 0 Å². The van der Waals surface area contributed by atoms with Crippen molar-refractivity contribution in [2.45, 2.75) is 33.1 Å². The molecular weight excluding hydrogens is 324 g/mol. The number of nitrogens with zero attached hydrogens (tertiary/aromatic N) is 4. The zero-order chi connectivity index (χ0) is 17.2. The fourth-order valence-corrected chi connectivity index (χ4v) is 2.57. The maximum absolute atomic E-state index is 5.36. The molecule has 4 aromatic heterocycles. The molecule has 0 aliphatic carbocycles. The predicted octanol–water partition coefficient (Wildman–Crippen LogP) is 3.03. The molecule has 0 unspecified atom stereocenters. The van der Waals surface area contributed by atoms with Crippen LogP contribution in [0.1, 0.15) is 45.8 Å². The Bertz CT molecular complexity index is 900. The van der Waals surface area contributed by atoms with Crippen molar-refractivity contribution in [2.24, 2.45) is 0 Å². The SMILES string of the molecule is Cc1cc(Cc2cc(Cc3cc(Cc4cc(C)no4)on3)on2)on1. The Kier molecular flexibility index (Phi) is 3.93. The van der Waals surface area contributed by atoms with Crippen LogP contribution in [0.2, 0.25) is 0 Å². The van der Waals surface area contributed by atoms with Gasteiger partial charge in [0.05, 0.1) is 42.0 Å². The molecule has 0 fully saturated rings. The van der Waals surface area contributed by atoms with E-state index in [-0.39, 0.29) is 0 Å². The maximum Gasteiger partial charge on any atom is 0.144 e. The highest BCUT2D eigenvalue weighted by Gasteiger charge is 2.13. The smallest absolute Gasteiger partial charge is 0.144 e. The van der Waals surface area contributed by atoms with Gasteiger partial charge in [0.1, 0.15) is 23.0 Å². The fraction of sp³-hybridized carbons (Fsp3) is 0.294. The van der Waals surface area contributed by atoms with Gasteiger partial charge < -0.3 is 18.1 Å². The van der Waals surface area contributed by atoms with Gasteiger partial charge >= 0.3 is 0 Å². The molecule has 0 radical (unpaired) electrons. The summed E-state index contributed by atoms with van der Waals surface area (Å²) in [7, 11) is 0. The van der Waals surface area contributed by atoms with E-state index < -0.39 is 0 Å². The van der Waals surface area contributed by atoms with Gasteiger partial charge in [-0.05, 0) is 13.8 Å². The molecule has 25 heavy (non-hydrogen) atoms. The lowest BCUT2D eigenvalue weighted by Crippen LogP contribution is -1.86. The fourth-order valence-electron chi connectivity index (χ4n) is 2.57. The summed E-state index contributed by atoms with van der Waals surface area (Å²) in [5, 5.41) is 15.8. The van der Waals surface area contributed by atoms with Crippen LogP contribution in [0.5, 0.6) is 0 Å². The largest absolute Gasteiger partial charge is 0.361 e. The Morgan fingerprint density at radius 3 is 1.44 bits per heavy atom. The second-order valence-corrected chi connectivity index (χ2v) is 5.97. The predicted molar refractivity (Wildman–Crippen MR) is 83.9 cm³/mol. The average molecular weight is 340 g/mol. The summed E-state index contributed by atoms with van der Waals surface area (Å²) < 4.78 is 21.0. The van der Waals surface area contributed by atoms with E-state index in [9.17, 15) is 0 Å². The summed E-state index contributed by atoms with van der Waals surface area (Å²) in [4.78, 5) is 0. The second kappa shape index (κ2) is 6.39. The van der Waals surface area contributed by atoms with Gasteiger partial charge in [-0.1, -0.05) is 20.6 Å². The van der Waals surface area contributed by atoms with Gasteiger partial charge in [-0.2, -0.15) is 0 Å². The molecule has 4 rings (SSSR count). The summed E-state index contributed by atoms with van der Waals surface area (Å²) in [6, 6.07) is 7.51. The number of hydrogen-bond donors (Lipinski definition) is 0. The molecule has 0 aliphatic heterocycles. The van der Waals surface area contributed by atoms with Crippen molar-refractivity contribution >= 4 is 0 Å². The summed E-state index contributed by atoms with van der Waals surface area (Å²) in [5.41, 5.74) is 3.23. The van der Waals surface area contributed by atoms with Crippen LogP contribution in [-0.2, 0) is 19.3 Å². The highest BCUT2D eigenvalue weighted by atomic mass is 16.5. The van der Waals surface area contributed by atoms with Crippen LogP contribution in [0, 0.1) is 13.8 Å². The monoisotopic (exact) mass is 340 g/mol. The normalized spacial score (nSPS) is 11.3. The molecule has 4 aromatic rings. The van der Waals surface area contributed by atoms with Gasteiger partial charge in [-0.25, -0.2) is 0 Å². The number of rotatable bonds is 6. The lowest BCUT2D eigenvalue weighted by atomic mass is 10.2. The third kappa shape index (κ3) is 3.68. The Hall–Kier alpha value is -3.16. The van der Waals surface area contributed by atoms with Gasteiger partial charge in [0.25, 0.3) is 0 Å². The molecule has 4 heterocycles. The second-order valence-electron chi connectivity index (χ2n) is 5.97. The van der Waals surface area contributed by atoms with E-state index in [1.807, 2.05) is 38.1 Å². The van der Waals surface area contributed by atoms with Crippen LogP contribution in [0.3, 0.4) is 0 Å². The molecular formula is C17H16N4O4. The molecule has 0 saturated carbocycles. The summed E-state index contributed by atoms with van der Waals surface area (Å²) in [5.74, 6) is 2.91. The highest BCUT2D eigenvalue weighted by molar-refractivity contribution is 5.20. The zero-order valence-electron chi connectivity index (χ0n) is 13.9. The average Bonchev–Trinajstić information content (AvgIpc) is 3.33. The molecule has 0 N–H and O–H groups in total. The van der Waals surface area contributed by atoms with Crippen molar-refractivity contribution < 1.29 is 18.1 Å². The minimum absolute atomic E-state index is 0.501. The Labute approximate surface area is 142 Å². The number of aromatic nitrogens is 4. The van der Waals surface area contributed by atoms with Crippen molar-refractivity contribution in [1.29, 1.82) is 0 Å². The molecule has 0 amide bonds. The molecule has 0 bridgehead atoms. The highest BCUT2D eigenvalue weighted by Crippen LogP contribution is 2.16. The third-order valence-corrected chi connectivity index (χ3v) is 3.63. The zero-order valence-corrected chi connectivity index (χ0v) is 13.9. The van der Waals surface area contributed by atoms with Crippen LogP contribution in [0.25, 0.3) is 0 Å². The van der Waals surface area contributed by atoms with Crippen LogP contribution >= 0.6 is 0 Å². The van der Waals surface area contributed by atoms with Gasteiger partial charge in [-0.15, -0.1) is 0 Å². The first-order chi connectivity index (χ1) is 12.1. The Morgan fingerprint density at radius 2 is 0.960 bits per heavy atom. The number of aryl methyl sites for hydroxylation is 2. The number of hydrogen-bond acceptors (Lipinski definition) is 8. The molecule has 0 saturated heterocycles. The van der Waals surface area contributed by atoms with Crippen LogP contribution in [0.15, 0.2) is 42.4 Å². The van der Waals surface area contributed by atoms with Crippen molar-refractivity contribution in [3.8, 4) is 0 Å². The lowest BCUT2D eigenvalue weighted by Gasteiger charge is -1.88.